The molecule has 6 nitrogen and oxygen atoms in total. The second-order valence-electron chi connectivity index (χ2n) is 5.40. The van der Waals surface area contributed by atoms with Gasteiger partial charge in [-0.25, -0.2) is 22.4 Å². The van der Waals surface area contributed by atoms with Crippen molar-refractivity contribution in [1.82, 2.24) is 13.9 Å². The maximum Gasteiger partial charge on any atom is 0.269 e. The van der Waals surface area contributed by atoms with Crippen molar-refractivity contribution in [2.75, 3.05) is 0 Å². The molecule has 3 heterocycles. The largest absolute Gasteiger partial charge is 0.269 e. The van der Waals surface area contributed by atoms with Crippen LogP contribution in [0.5, 0.6) is 0 Å². The van der Waals surface area contributed by atoms with Crippen LogP contribution in [0.15, 0.2) is 62.6 Å². The summed E-state index contributed by atoms with van der Waals surface area (Å²) in [5, 5.41) is 10.4. The van der Waals surface area contributed by atoms with Gasteiger partial charge in [0, 0.05) is 21.4 Å². The Labute approximate surface area is 165 Å². The molecule has 0 unspecified atom stereocenters. The summed E-state index contributed by atoms with van der Waals surface area (Å²) in [4.78, 5) is 8.53. The van der Waals surface area contributed by atoms with E-state index in [4.69, 9.17) is 0 Å². The topological polar surface area (TPSA) is 88.6 Å². The van der Waals surface area contributed by atoms with Crippen LogP contribution < -0.4 is 0 Å². The summed E-state index contributed by atoms with van der Waals surface area (Å²) in [5.74, 6) is 0. The minimum atomic E-state index is -3.90. The lowest BCUT2D eigenvalue weighted by molar-refractivity contribution is 0.590. The molecule has 9 heteroatoms. The van der Waals surface area contributed by atoms with E-state index in [1.807, 2.05) is 6.07 Å². The van der Waals surface area contributed by atoms with Gasteiger partial charge in [-0.15, -0.1) is 0 Å². The van der Waals surface area contributed by atoms with Gasteiger partial charge in [-0.3, -0.25) is 0 Å². The van der Waals surface area contributed by atoms with Gasteiger partial charge in [-0.2, -0.15) is 5.26 Å². The molecule has 0 amide bonds. The normalized spacial score (nSPS) is 11.7. The molecule has 0 aliphatic rings. The minimum absolute atomic E-state index is 0.143. The van der Waals surface area contributed by atoms with Crippen molar-refractivity contribution in [2.24, 2.45) is 0 Å². The number of nitriles is 1. The van der Waals surface area contributed by atoms with Crippen molar-refractivity contribution in [2.45, 2.75) is 4.90 Å². The number of rotatable bonds is 2. The molecule has 0 spiro atoms. The summed E-state index contributed by atoms with van der Waals surface area (Å²) in [5.41, 5.74) is 0.790. The maximum absolute atomic E-state index is 13.3. The lowest BCUT2D eigenvalue weighted by Crippen LogP contribution is -2.13. The van der Waals surface area contributed by atoms with E-state index in [-0.39, 0.29) is 16.2 Å². The van der Waals surface area contributed by atoms with Crippen LogP contribution >= 0.6 is 31.9 Å². The van der Waals surface area contributed by atoms with Crippen LogP contribution in [-0.4, -0.2) is 22.4 Å². The molecular formula is C17H8Br2N4O2S. The highest BCUT2D eigenvalue weighted by molar-refractivity contribution is 9.11. The van der Waals surface area contributed by atoms with Gasteiger partial charge in [0.2, 0.25) is 0 Å². The fraction of sp³-hybridized carbons (Fsp3) is 0. The van der Waals surface area contributed by atoms with E-state index in [0.717, 1.165) is 0 Å². The van der Waals surface area contributed by atoms with Crippen molar-refractivity contribution in [1.29, 1.82) is 5.26 Å². The van der Waals surface area contributed by atoms with Gasteiger partial charge < -0.3 is 0 Å². The Morgan fingerprint density at radius 2 is 1.81 bits per heavy atom. The third kappa shape index (κ3) is 2.45. The Morgan fingerprint density at radius 1 is 1.08 bits per heavy atom. The lowest BCUT2D eigenvalue weighted by Gasteiger charge is -2.08. The zero-order chi connectivity index (χ0) is 18.5. The predicted molar refractivity (Wildman–Crippen MR) is 104 cm³/mol. The molecular weight excluding hydrogens is 484 g/mol. The van der Waals surface area contributed by atoms with Gasteiger partial charge in [0.25, 0.3) is 10.0 Å². The molecule has 26 heavy (non-hydrogen) atoms. The fourth-order valence-corrected chi connectivity index (χ4v) is 5.22. The van der Waals surface area contributed by atoms with E-state index in [9.17, 15) is 13.7 Å². The summed E-state index contributed by atoms with van der Waals surface area (Å²) in [6.07, 6.45) is 2.92. The summed E-state index contributed by atoms with van der Waals surface area (Å²) in [6, 6.07) is 11.9. The highest BCUT2D eigenvalue weighted by Gasteiger charge is 2.26. The Morgan fingerprint density at radius 3 is 2.50 bits per heavy atom. The van der Waals surface area contributed by atoms with Gasteiger partial charge >= 0.3 is 0 Å². The van der Waals surface area contributed by atoms with Crippen LogP contribution in [-0.2, 0) is 10.0 Å². The molecule has 0 N–H and O–H groups in total. The highest BCUT2D eigenvalue weighted by atomic mass is 79.9. The number of hydrogen-bond acceptors (Lipinski definition) is 5. The first-order chi connectivity index (χ1) is 12.4. The van der Waals surface area contributed by atoms with Crippen molar-refractivity contribution in [3.05, 3.63) is 63.4 Å². The molecule has 4 aromatic rings. The number of pyridine rings is 2. The Hall–Kier alpha value is -2.28. The monoisotopic (exact) mass is 490 g/mol. The highest BCUT2D eigenvalue weighted by Crippen LogP contribution is 2.37. The molecule has 1 aromatic carbocycles. The smallest absolute Gasteiger partial charge is 0.242 e. The van der Waals surface area contributed by atoms with E-state index >= 15 is 0 Å². The molecule has 0 aliphatic heterocycles. The average molecular weight is 492 g/mol. The number of fused-ring (bicyclic) bond motifs is 3. The van der Waals surface area contributed by atoms with Crippen LogP contribution in [0, 0.1) is 11.3 Å². The molecule has 3 aromatic heterocycles. The number of hydrogen-bond donors (Lipinski definition) is 0. The van der Waals surface area contributed by atoms with E-state index < -0.39 is 10.0 Å². The molecule has 0 radical (unpaired) electrons. The SMILES string of the molecule is N#Cc1ncc2c(c1Br)c1cc(Br)cnc1n2S(=O)(=O)c1ccccc1. The third-order valence-corrected chi connectivity index (χ3v) is 6.82. The van der Waals surface area contributed by atoms with Gasteiger partial charge in [0.15, 0.2) is 11.3 Å². The first-order valence-corrected chi connectivity index (χ1v) is 10.3. The Balaban J connectivity index is 2.23. The van der Waals surface area contributed by atoms with Crippen LogP contribution in [0.1, 0.15) is 5.69 Å². The minimum Gasteiger partial charge on any atom is -0.242 e. The molecule has 0 saturated heterocycles. The van der Waals surface area contributed by atoms with Gasteiger partial charge in [-0.05, 0) is 50.1 Å². The van der Waals surface area contributed by atoms with Crippen molar-refractivity contribution in [3.8, 4) is 6.07 Å². The van der Waals surface area contributed by atoms with Gasteiger partial charge in [0.1, 0.15) is 6.07 Å². The average Bonchev–Trinajstić information content (AvgIpc) is 2.97. The second kappa shape index (κ2) is 6.16. The summed E-state index contributed by atoms with van der Waals surface area (Å²) < 4.78 is 28.9. The van der Waals surface area contributed by atoms with E-state index in [0.29, 0.717) is 25.2 Å². The number of benzene rings is 1. The standard InChI is InChI=1S/C17H8Br2N4O2S/c18-10-6-12-15-14(9-21-13(7-20)16(15)19)23(17(12)22-8-10)26(24,25)11-4-2-1-3-5-11/h1-6,8-9H. The fourth-order valence-electron chi connectivity index (χ4n) is 2.80. The van der Waals surface area contributed by atoms with Gasteiger partial charge in [0.05, 0.1) is 21.1 Å². The quantitative estimate of drug-likeness (QED) is 0.419. The summed E-state index contributed by atoms with van der Waals surface area (Å²) >= 11 is 6.75. The second-order valence-corrected chi connectivity index (χ2v) is 8.90. The Bertz CT molecular complexity index is 1330. The van der Waals surface area contributed by atoms with Crippen LogP contribution in [0.25, 0.3) is 21.9 Å². The number of aromatic nitrogens is 3. The first-order valence-electron chi connectivity index (χ1n) is 7.30. The maximum atomic E-state index is 13.3. The van der Waals surface area contributed by atoms with E-state index in [1.165, 1.54) is 28.5 Å². The first kappa shape index (κ1) is 17.1. The predicted octanol–water partition coefficient (Wildman–Crippen LogP) is 4.22. The summed E-state index contributed by atoms with van der Waals surface area (Å²) in [6.45, 7) is 0. The number of halogens is 2. The molecule has 0 atom stereocenters. The third-order valence-electron chi connectivity index (χ3n) is 3.90. The van der Waals surface area contributed by atoms with Crippen molar-refractivity contribution < 1.29 is 8.42 Å². The van der Waals surface area contributed by atoms with Crippen LogP contribution in [0.2, 0.25) is 0 Å². The van der Waals surface area contributed by atoms with Crippen molar-refractivity contribution in [3.63, 3.8) is 0 Å². The lowest BCUT2D eigenvalue weighted by atomic mass is 10.2. The molecule has 0 fully saturated rings. The zero-order valence-electron chi connectivity index (χ0n) is 12.9. The van der Waals surface area contributed by atoms with Crippen LogP contribution in [0.3, 0.4) is 0 Å². The summed E-state index contributed by atoms with van der Waals surface area (Å²) in [7, 11) is -3.90. The molecule has 0 bridgehead atoms. The number of nitrogens with zero attached hydrogens (tertiary/aromatic N) is 4. The molecule has 4 rings (SSSR count). The van der Waals surface area contributed by atoms with Gasteiger partial charge in [-0.1, -0.05) is 18.2 Å². The zero-order valence-corrected chi connectivity index (χ0v) is 16.9. The van der Waals surface area contributed by atoms with Crippen LogP contribution in [0.4, 0.5) is 0 Å². The van der Waals surface area contributed by atoms with E-state index in [1.54, 1.807) is 24.3 Å². The molecule has 0 aliphatic carbocycles. The molecule has 128 valence electrons. The van der Waals surface area contributed by atoms with Crippen molar-refractivity contribution >= 4 is 63.8 Å². The van der Waals surface area contributed by atoms with E-state index in [2.05, 4.69) is 41.8 Å². The molecule has 0 saturated carbocycles. The Kier molecular flexibility index (Phi) is 4.06.